The molecule has 0 amide bonds. The molecule has 0 saturated heterocycles. The van der Waals surface area contributed by atoms with E-state index in [4.69, 9.17) is 4.74 Å². The van der Waals surface area contributed by atoms with Gasteiger partial charge in [0.2, 0.25) is 0 Å². The number of fused-ring (bicyclic) bond motifs is 8. The summed E-state index contributed by atoms with van der Waals surface area (Å²) < 4.78 is 12.2. The number of aromatic nitrogens is 3. The van der Waals surface area contributed by atoms with Gasteiger partial charge in [-0.1, -0.05) is 53.8 Å². The first-order chi connectivity index (χ1) is 17.0. The zero-order valence-corrected chi connectivity index (χ0v) is 19.9. The predicted octanol–water partition coefficient (Wildman–Crippen LogP) is 3.51. The maximum Gasteiger partial charge on any atom is 0.332 e. The molecule has 2 aliphatic rings. The Kier molecular flexibility index (Phi) is 4.12. The van der Waals surface area contributed by atoms with Gasteiger partial charge in [0.25, 0.3) is 5.56 Å². The van der Waals surface area contributed by atoms with Gasteiger partial charge >= 0.3 is 5.69 Å². The van der Waals surface area contributed by atoms with Crippen molar-refractivity contribution in [2.45, 2.75) is 18.6 Å². The van der Waals surface area contributed by atoms with Crippen LogP contribution in [0.3, 0.4) is 0 Å². The van der Waals surface area contributed by atoms with Gasteiger partial charge in [-0.15, -0.1) is 0 Å². The Labute approximate surface area is 203 Å². The van der Waals surface area contributed by atoms with Crippen molar-refractivity contribution in [2.75, 3.05) is 0 Å². The second kappa shape index (κ2) is 7.05. The molecule has 35 heavy (non-hydrogen) atoms. The monoisotopic (exact) mass is 483 g/mol. The maximum atomic E-state index is 13.8. The van der Waals surface area contributed by atoms with Gasteiger partial charge in [0.15, 0.2) is 10.5 Å². The zero-order valence-electron chi connectivity index (χ0n) is 19.1. The van der Waals surface area contributed by atoms with Crippen molar-refractivity contribution in [1.82, 2.24) is 13.7 Å². The summed E-state index contributed by atoms with van der Waals surface area (Å²) in [5, 5.41) is 1.79. The summed E-state index contributed by atoms with van der Waals surface area (Å²) in [6, 6.07) is 19.5. The fourth-order valence-electron chi connectivity index (χ4n) is 5.93. The summed E-state index contributed by atoms with van der Waals surface area (Å²) in [5.74, 6) is -0.297. The Morgan fingerprint density at radius 3 is 2.46 bits per heavy atom. The minimum atomic E-state index is -0.368. The maximum absolute atomic E-state index is 13.8. The predicted molar refractivity (Wildman–Crippen MR) is 136 cm³/mol. The highest BCUT2D eigenvalue weighted by Crippen LogP contribution is 2.54. The van der Waals surface area contributed by atoms with Crippen LogP contribution < -0.4 is 21.4 Å². The van der Waals surface area contributed by atoms with Gasteiger partial charge in [0.05, 0.1) is 10.9 Å². The second-order valence-electron chi connectivity index (χ2n) is 9.34. The first-order valence-electron chi connectivity index (χ1n) is 11.5. The normalized spacial score (nSPS) is 20.5. The first-order valence-corrected chi connectivity index (χ1v) is 12.3. The topological polar surface area (TPSA) is 75.2 Å². The summed E-state index contributed by atoms with van der Waals surface area (Å²) in [6.45, 7) is 0.542. The molecular formula is C27H21N3O4S. The number of benzene rings is 2. The van der Waals surface area contributed by atoms with Gasteiger partial charge in [-0.3, -0.25) is 18.7 Å². The molecule has 7 rings (SSSR count). The van der Waals surface area contributed by atoms with Crippen molar-refractivity contribution >= 4 is 32.5 Å². The van der Waals surface area contributed by atoms with Gasteiger partial charge in [0.1, 0.15) is 11.8 Å². The fraction of sp³-hybridized carbons (Fsp3) is 0.222. The van der Waals surface area contributed by atoms with Gasteiger partial charge in [-0.25, -0.2) is 4.79 Å². The van der Waals surface area contributed by atoms with Crippen molar-refractivity contribution < 1.29 is 4.74 Å². The Morgan fingerprint density at radius 2 is 1.66 bits per heavy atom. The smallest absolute Gasteiger partial charge is 0.332 e. The van der Waals surface area contributed by atoms with E-state index >= 15 is 0 Å². The molecule has 0 bridgehead atoms. The third kappa shape index (κ3) is 2.63. The Hall–Kier alpha value is -3.91. The van der Waals surface area contributed by atoms with E-state index in [9.17, 15) is 14.4 Å². The Bertz CT molecular complexity index is 1860. The lowest BCUT2D eigenvalue weighted by Crippen LogP contribution is -2.37. The fourth-order valence-corrected chi connectivity index (χ4v) is 7.03. The number of nitrogens with zero attached hydrogens (tertiary/aromatic N) is 3. The number of aryl methyl sites for hydroxylation is 1. The molecule has 5 heterocycles. The van der Waals surface area contributed by atoms with Crippen LogP contribution in [-0.2, 0) is 20.6 Å². The minimum absolute atomic E-state index is 0.0311. The molecule has 3 atom stereocenters. The van der Waals surface area contributed by atoms with Gasteiger partial charge < -0.3 is 9.30 Å². The van der Waals surface area contributed by atoms with Gasteiger partial charge in [-0.05, 0) is 23.8 Å². The van der Waals surface area contributed by atoms with E-state index < -0.39 is 0 Å². The molecule has 0 aliphatic carbocycles. The average molecular weight is 484 g/mol. The van der Waals surface area contributed by atoms with Crippen molar-refractivity contribution in [3.8, 4) is 5.06 Å². The lowest BCUT2D eigenvalue weighted by atomic mass is 9.79. The summed E-state index contributed by atoms with van der Waals surface area (Å²) >= 11 is 1.49. The average Bonchev–Trinajstić information content (AvgIpc) is 3.43. The van der Waals surface area contributed by atoms with Crippen LogP contribution in [0.2, 0.25) is 0 Å². The quantitative estimate of drug-likeness (QED) is 0.366. The standard InChI is InChI=1S/C27H21N3O4S/c1-28-24-16(25(32)29(2)27(28)33)12-18-20-17(13-30(18)24)23(14-8-4-3-5-9-14)34-26-21(20)22(31)15-10-6-7-11-19(15)35-26/h3-12,17,20,23H,13H2,1-2H3/t17-,20-,23-/m1/s1. The van der Waals surface area contributed by atoms with E-state index in [1.54, 1.807) is 7.05 Å². The highest BCUT2D eigenvalue weighted by molar-refractivity contribution is 7.20. The first kappa shape index (κ1) is 20.5. The van der Waals surface area contributed by atoms with Crippen LogP contribution in [0.15, 0.2) is 75.0 Å². The molecule has 0 spiro atoms. The van der Waals surface area contributed by atoms with E-state index in [1.807, 2.05) is 65.2 Å². The third-order valence-corrected chi connectivity index (χ3v) is 8.61. The SMILES string of the molecule is Cn1c(=O)c2cc3n(c2n(C)c1=O)C[C@@H]1[C@H]3c2c(sc3ccccc3c2=O)O[C@@H]1c1ccccc1. The lowest BCUT2D eigenvalue weighted by Gasteiger charge is -2.35. The number of hydrogen-bond donors (Lipinski definition) is 0. The minimum Gasteiger partial charge on any atom is -0.475 e. The molecule has 7 nitrogen and oxygen atoms in total. The highest BCUT2D eigenvalue weighted by atomic mass is 32.1. The molecule has 2 aliphatic heterocycles. The van der Waals surface area contributed by atoms with Crippen molar-refractivity contribution in [3.05, 3.63) is 109 Å². The van der Waals surface area contributed by atoms with Crippen LogP contribution in [0, 0.1) is 5.92 Å². The summed E-state index contributed by atoms with van der Waals surface area (Å²) in [4.78, 5) is 39.6. The van der Waals surface area contributed by atoms with E-state index in [0.29, 0.717) is 33.6 Å². The molecule has 0 radical (unpaired) electrons. The molecule has 0 unspecified atom stereocenters. The Balaban J connectivity index is 1.57. The molecular weight excluding hydrogens is 462 g/mol. The molecule has 174 valence electrons. The summed E-state index contributed by atoms with van der Waals surface area (Å²) in [5.41, 5.74) is 2.44. The second-order valence-corrected chi connectivity index (χ2v) is 10.4. The van der Waals surface area contributed by atoms with Crippen LogP contribution in [-0.4, -0.2) is 13.7 Å². The van der Waals surface area contributed by atoms with Crippen LogP contribution in [0.1, 0.15) is 28.8 Å². The van der Waals surface area contributed by atoms with Crippen LogP contribution in [0.4, 0.5) is 0 Å². The molecule has 0 saturated carbocycles. The summed E-state index contributed by atoms with van der Waals surface area (Å²) in [7, 11) is 3.18. The van der Waals surface area contributed by atoms with E-state index in [1.165, 1.54) is 23.0 Å². The van der Waals surface area contributed by atoms with Crippen molar-refractivity contribution in [3.63, 3.8) is 0 Å². The van der Waals surface area contributed by atoms with E-state index in [2.05, 4.69) is 0 Å². The molecule has 2 aromatic carbocycles. The number of rotatable bonds is 1. The molecule has 0 fully saturated rings. The molecule has 3 aromatic heterocycles. The third-order valence-electron chi connectivity index (χ3n) is 7.53. The van der Waals surface area contributed by atoms with Crippen molar-refractivity contribution in [2.24, 2.45) is 20.0 Å². The van der Waals surface area contributed by atoms with E-state index in [-0.39, 0.29) is 34.6 Å². The molecule has 8 heteroatoms. The zero-order chi connectivity index (χ0) is 24.0. The van der Waals surface area contributed by atoms with E-state index in [0.717, 1.165) is 20.5 Å². The molecule has 0 N–H and O–H groups in total. The van der Waals surface area contributed by atoms with Crippen molar-refractivity contribution in [1.29, 1.82) is 0 Å². The van der Waals surface area contributed by atoms with Crippen LogP contribution in [0.5, 0.6) is 5.06 Å². The Morgan fingerprint density at radius 1 is 0.914 bits per heavy atom. The highest BCUT2D eigenvalue weighted by Gasteiger charge is 2.48. The number of hydrogen-bond acceptors (Lipinski definition) is 5. The van der Waals surface area contributed by atoms with Crippen LogP contribution in [0.25, 0.3) is 21.1 Å². The number of ether oxygens (including phenoxy) is 1. The molecule has 5 aromatic rings. The largest absolute Gasteiger partial charge is 0.475 e. The summed E-state index contributed by atoms with van der Waals surface area (Å²) in [6.07, 6.45) is -0.260. The lowest BCUT2D eigenvalue weighted by molar-refractivity contribution is 0.109. The van der Waals surface area contributed by atoms with Crippen LogP contribution >= 0.6 is 11.3 Å². The van der Waals surface area contributed by atoms with Gasteiger partial charge in [-0.2, -0.15) is 0 Å². The van der Waals surface area contributed by atoms with Gasteiger partial charge in [0, 0.05) is 48.3 Å².